The Morgan fingerprint density at radius 2 is 1.84 bits per heavy atom. The van der Waals surface area contributed by atoms with Crippen LogP contribution in [0.1, 0.15) is 31.9 Å². The van der Waals surface area contributed by atoms with Gasteiger partial charge in [0.1, 0.15) is 11.6 Å². The fourth-order valence-corrected chi connectivity index (χ4v) is 2.57. The standard InChI is InChI=1S/C16H16F2N/c1-16(2,3)11-4-5-19-9-10-6-12(17)8-13(18)15(10)14(19)7-11/h4-8H,9H2,1-3H3/q+1. The van der Waals surface area contributed by atoms with E-state index in [0.29, 0.717) is 17.7 Å². The molecule has 0 atom stereocenters. The van der Waals surface area contributed by atoms with Crippen molar-refractivity contribution in [3.05, 3.63) is 53.2 Å². The van der Waals surface area contributed by atoms with Crippen molar-refractivity contribution in [2.45, 2.75) is 32.7 Å². The summed E-state index contributed by atoms with van der Waals surface area (Å²) in [7, 11) is 0. The first-order chi connectivity index (χ1) is 8.86. The predicted octanol–water partition coefficient (Wildman–Crippen LogP) is 3.58. The smallest absolute Gasteiger partial charge is 0.207 e. The molecule has 3 rings (SSSR count). The fraction of sp³-hybridized carbons (Fsp3) is 0.312. The maximum atomic E-state index is 14.0. The van der Waals surface area contributed by atoms with Crippen LogP contribution in [0, 0.1) is 11.6 Å². The Hall–Kier alpha value is -1.77. The Kier molecular flexibility index (Phi) is 2.49. The van der Waals surface area contributed by atoms with E-state index in [2.05, 4.69) is 20.8 Å². The summed E-state index contributed by atoms with van der Waals surface area (Å²) in [6.45, 7) is 6.90. The molecule has 0 bridgehead atoms. The number of pyridine rings is 1. The normalized spacial score (nSPS) is 13.3. The molecule has 0 radical (unpaired) electrons. The summed E-state index contributed by atoms with van der Waals surface area (Å²) in [6, 6.07) is 6.43. The number of hydrogen-bond acceptors (Lipinski definition) is 0. The zero-order valence-corrected chi connectivity index (χ0v) is 11.3. The molecule has 0 saturated carbocycles. The Labute approximate surface area is 111 Å². The minimum Gasteiger partial charge on any atom is -0.207 e. The van der Waals surface area contributed by atoms with Gasteiger partial charge in [-0.15, -0.1) is 0 Å². The highest BCUT2D eigenvalue weighted by atomic mass is 19.1. The lowest BCUT2D eigenvalue weighted by atomic mass is 9.87. The molecule has 0 spiro atoms. The van der Waals surface area contributed by atoms with Crippen molar-refractivity contribution >= 4 is 0 Å². The van der Waals surface area contributed by atoms with Gasteiger partial charge >= 0.3 is 0 Å². The van der Waals surface area contributed by atoms with E-state index in [4.69, 9.17) is 0 Å². The zero-order chi connectivity index (χ0) is 13.8. The molecule has 1 nitrogen and oxygen atoms in total. The Morgan fingerprint density at radius 3 is 2.53 bits per heavy atom. The molecule has 3 heteroatoms. The number of fused-ring (bicyclic) bond motifs is 3. The highest BCUT2D eigenvalue weighted by molar-refractivity contribution is 5.64. The maximum absolute atomic E-state index is 14.0. The van der Waals surface area contributed by atoms with Crippen molar-refractivity contribution in [2.75, 3.05) is 0 Å². The van der Waals surface area contributed by atoms with Crippen LogP contribution in [0.15, 0.2) is 30.5 Å². The van der Waals surface area contributed by atoms with Crippen molar-refractivity contribution in [3.8, 4) is 11.3 Å². The molecule has 1 aromatic heterocycles. The van der Waals surface area contributed by atoms with Crippen molar-refractivity contribution in [2.24, 2.45) is 0 Å². The summed E-state index contributed by atoms with van der Waals surface area (Å²) >= 11 is 0. The van der Waals surface area contributed by atoms with E-state index in [0.717, 1.165) is 17.3 Å². The molecule has 1 aliphatic heterocycles. The molecule has 98 valence electrons. The second kappa shape index (κ2) is 3.86. The second-order valence-electron chi connectivity index (χ2n) is 6.10. The van der Waals surface area contributed by atoms with E-state index in [9.17, 15) is 8.78 Å². The van der Waals surface area contributed by atoms with Gasteiger partial charge in [-0.1, -0.05) is 20.8 Å². The number of hydrogen-bond donors (Lipinski definition) is 0. The van der Waals surface area contributed by atoms with Crippen molar-refractivity contribution in [3.63, 3.8) is 0 Å². The third-order valence-corrected chi connectivity index (χ3v) is 3.64. The van der Waals surface area contributed by atoms with Crippen LogP contribution in [0.2, 0.25) is 0 Å². The van der Waals surface area contributed by atoms with E-state index in [1.165, 1.54) is 6.07 Å². The molecule has 0 fully saturated rings. The van der Waals surface area contributed by atoms with Gasteiger partial charge in [-0.05, 0) is 17.0 Å². The summed E-state index contributed by atoms with van der Waals surface area (Å²) in [6.07, 6.45) is 1.95. The first-order valence-electron chi connectivity index (χ1n) is 6.38. The van der Waals surface area contributed by atoms with Crippen molar-refractivity contribution < 1.29 is 13.3 Å². The first kappa shape index (κ1) is 12.3. The van der Waals surface area contributed by atoms with Crippen LogP contribution < -0.4 is 4.57 Å². The SMILES string of the molecule is CC(C)(C)c1cc[n+]2c(c1)-c1c(F)cc(F)cc1C2. The maximum Gasteiger partial charge on any atom is 0.216 e. The number of nitrogens with zero attached hydrogens (tertiary/aromatic N) is 1. The third-order valence-electron chi connectivity index (χ3n) is 3.64. The zero-order valence-electron chi connectivity index (χ0n) is 11.3. The Balaban J connectivity index is 2.22. The van der Waals surface area contributed by atoms with E-state index in [-0.39, 0.29) is 5.41 Å². The minimum atomic E-state index is -0.513. The summed E-state index contributed by atoms with van der Waals surface area (Å²) < 4.78 is 29.2. The van der Waals surface area contributed by atoms with Crippen LogP contribution in [0.25, 0.3) is 11.3 Å². The van der Waals surface area contributed by atoms with Gasteiger partial charge in [0.25, 0.3) is 0 Å². The summed E-state index contributed by atoms with van der Waals surface area (Å²) in [5.41, 5.74) is 3.24. The fourth-order valence-electron chi connectivity index (χ4n) is 2.57. The Bertz CT molecular complexity index is 669. The van der Waals surface area contributed by atoms with Gasteiger partial charge in [0.2, 0.25) is 5.69 Å². The van der Waals surface area contributed by atoms with Gasteiger partial charge < -0.3 is 0 Å². The highest BCUT2D eigenvalue weighted by Crippen LogP contribution is 2.32. The Morgan fingerprint density at radius 1 is 1.11 bits per heavy atom. The van der Waals surface area contributed by atoms with Crippen LogP contribution >= 0.6 is 0 Å². The third kappa shape index (κ3) is 1.93. The molecule has 2 aromatic rings. The molecule has 0 N–H and O–H groups in total. The van der Waals surface area contributed by atoms with Gasteiger partial charge in [-0.2, -0.15) is 4.57 Å². The summed E-state index contributed by atoms with van der Waals surface area (Å²) in [4.78, 5) is 0. The monoisotopic (exact) mass is 260 g/mol. The lowest BCUT2D eigenvalue weighted by Crippen LogP contribution is -2.32. The largest absolute Gasteiger partial charge is 0.216 e. The number of rotatable bonds is 0. The molecule has 0 unspecified atom stereocenters. The van der Waals surface area contributed by atoms with Crippen LogP contribution in [0.5, 0.6) is 0 Å². The molecule has 2 heterocycles. The molecule has 19 heavy (non-hydrogen) atoms. The highest BCUT2D eigenvalue weighted by Gasteiger charge is 2.31. The minimum absolute atomic E-state index is 0.00878. The predicted molar refractivity (Wildman–Crippen MR) is 69.8 cm³/mol. The number of aromatic nitrogens is 1. The average Bonchev–Trinajstić information content (AvgIpc) is 2.64. The molecule has 1 aromatic carbocycles. The first-order valence-corrected chi connectivity index (χ1v) is 6.38. The van der Waals surface area contributed by atoms with Crippen LogP contribution in [0.4, 0.5) is 8.78 Å². The molecule has 0 saturated heterocycles. The molecule has 0 amide bonds. The summed E-state index contributed by atoms with van der Waals surface area (Å²) in [5.74, 6) is -0.993. The lowest BCUT2D eigenvalue weighted by molar-refractivity contribution is -0.672. The van der Waals surface area contributed by atoms with Crippen molar-refractivity contribution in [1.82, 2.24) is 0 Å². The van der Waals surface area contributed by atoms with E-state index < -0.39 is 11.6 Å². The second-order valence-corrected chi connectivity index (χ2v) is 6.10. The number of benzene rings is 1. The van der Waals surface area contributed by atoms with Crippen LogP contribution in [0.3, 0.4) is 0 Å². The summed E-state index contributed by atoms with van der Waals surface area (Å²) in [5, 5.41) is 0. The quantitative estimate of drug-likeness (QED) is 0.544. The van der Waals surface area contributed by atoms with Gasteiger partial charge in [-0.25, -0.2) is 8.78 Å². The van der Waals surface area contributed by atoms with Crippen molar-refractivity contribution in [1.29, 1.82) is 0 Å². The van der Waals surface area contributed by atoms with Gasteiger partial charge in [0, 0.05) is 23.8 Å². The van der Waals surface area contributed by atoms with Crippen LogP contribution in [-0.2, 0) is 12.0 Å². The molecular formula is C16H16F2N+. The van der Waals surface area contributed by atoms with Gasteiger partial charge in [-0.3, -0.25) is 0 Å². The van der Waals surface area contributed by atoms with Gasteiger partial charge in [0.15, 0.2) is 12.7 Å². The number of halogens is 2. The van der Waals surface area contributed by atoms with Gasteiger partial charge in [0.05, 0.1) is 5.56 Å². The molecule has 0 aliphatic carbocycles. The van der Waals surface area contributed by atoms with Crippen LogP contribution in [-0.4, -0.2) is 0 Å². The lowest BCUT2D eigenvalue weighted by Gasteiger charge is -2.18. The van der Waals surface area contributed by atoms with E-state index >= 15 is 0 Å². The molecule has 1 aliphatic rings. The van der Waals surface area contributed by atoms with E-state index in [1.54, 1.807) is 0 Å². The van der Waals surface area contributed by atoms with E-state index in [1.807, 2.05) is 22.9 Å². The molecular weight excluding hydrogens is 244 g/mol. The average molecular weight is 260 g/mol. The topological polar surface area (TPSA) is 3.88 Å².